The molecule has 156 valence electrons. The van der Waals surface area contributed by atoms with Crippen molar-refractivity contribution >= 4 is 23.4 Å². The van der Waals surface area contributed by atoms with Gasteiger partial charge >= 0.3 is 0 Å². The minimum absolute atomic E-state index is 0.107. The van der Waals surface area contributed by atoms with Gasteiger partial charge < -0.3 is 14.5 Å². The molecule has 0 radical (unpaired) electrons. The molecule has 2 aliphatic heterocycles. The lowest BCUT2D eigenvalue weighted by Gasteiger charge is -2.34. The molecular weight excluding hydrogens is 388 g/mol. The van der Waals surface area contributed by atoms with Gasteiger partial charge in [0.1, 0.15) is 5.82 Å². The van der Waals surface area contributed by atoms with Crippen LogP contribution in [0.4, 0.5) is 11.8 Å². The van der Waals surface area contributed by atoms with E-state index in [1.165, 1.54) is 12.8 Å². The number of halogens is 1. The molecule has 2 saturated heterocycles. The maximum atomic E-state index is 12.5. The Morgan fingerprint density at radius 2 is 2.10 bits per heavy atom. The molecule has 2 aromatic rings. The van der Waals surface area contributed by atoms with Crippen LogP contribution in [0.5, 0.6) is 0 Å². The molecule has 0 aliphatic carbocycles. The summed E-state index contributed by atoms with van der Waals surface area (Å²) in [6.07, 6.45) is 5.52. The van der Waals surface area contributed by atoms with Crippen molar-refractivity contribution in [1.82, 2.24) is 9.97 Å². The summed E-state index contributed by atoms with van der Waals surface area (Å²) in [5.74, 6) is 1.41. The van der Waals surface area contributed by atoms with Crippen molar-refractivity contribution in [2.45, 2.75) is 51.2 Å². The van der Waals surface area contributed by atoms with Gasteiger partial charge in [-0.15, -0.1) is 0 Å². The summed E-state index contributed by atoms with van der Waals surface area (Å²) in [4.78, 5) is 24.8. The Bertz CT molecular complexity index is 887. The number of nitrogens with zero attached hydrogens (tertiary/aromatic N) is 3. The second-order valence-corrected chi connectivity index (χ2v) is 8.45. The number of aromatic amines is 1. The highest BCUT2D eigenvalue weighted by Gasteiger charge is 2.26. The predicted octanol–water partition coefficient (Wildman–Crippen LogP) is 3.64. The largest absolute Gasteiger partial charge is 0.375 e. The lowest BCUT2D eigenvalue weighted by molar-refractivity contribution is 0.0529. The molecule has 0 spiro atoms. The minimum Gasteiger partial charge on any atom is -0.375 e. The van der Waals surface area contributed by atoms with Crippen molar-refractivity contribution in [3.8, 4) is 0 Å². The molecular formula is C22H29ClN4O2. The molecule has 6 nitrogen and oxygen atoms in total. The number of hydrogen-bond acceptors (Lipinski definition) is 5. The molecule has 4 rings (SSSR count). The van der Waals surface area contributed by atoms with Gasteiger partial charge in [0, 0.05) is 36.8 Å². The second-order valence-electron chi connectivity index (χ2n) is 8.05. The smallest absolute Gasteiger partial charge is 0.254 e. The van der Waals surface area contributed by atoms with Crippen LogP contribution in [0.3, 0.4) is 0 Å². The van der Waals surface area contributed by atoms with Gasteiger partial charge in [-0.05, 0) is 37.8 Å². The van der Waals surface area contributed by atoms with Gasteiger partial charge in [-0.25, -0.2) is 0 Å². The Hall–Kier alpha value is -2.05. The summed E-state index contributed by atoms with van der Waals surface area (Å²) in [5, 5.41) is 0.800. The molecule has 3 heterocycles. The van der Waals surface area contributed by atoms with Gasteiger partial charge in [0.15, 0.2) is 0 Å². The number of benzene rings is 1. The van der Waals surface area contributed by atoms with Crippen molar-refractivity contribution < 1.29 is 4.74 Å². The number of morpholine rings is 1. The lowest BCUT2D eigenvalue weighted by atomic mass is 10.0. The molecule has 7 heteroatoms. The molecule has 1 N–H and O–H groups in total. The van der Waals surface area contributed by atoms with E-state index in [9.17, 15) is 4.79 Å². The van der Waals surface area contributed by atoms with Gasteiger partial charge in [-0.2, -0.15) is 4.98 Å². The van der Waals surface area contributed by atoms with Crippen LogP contribution in [0, 0.1) is 0 Å². The summed E-state index contributed by atoms with van der Waals surface area (Å²) in [6.45, 7) is 5.10. The van der Waals surface area contributed by atoms with E-state index in [2.05, 4.69) is 27.8 Å². The van der Waals surface area contributed by atoms with E-state index in [0.717, 1.165) is 55.3 Å². The first kappa shape index (κ1) is 20.2. The first-order valence-electron chi connectivity index (χ1n) is 10.6. The van der Waals surface area contributed by atoms with Crippen LogP contribution in [0.2, 0.25) is 5.02 Å². The van der Waals surface area contributed by atoms with Crippen molar-refractivity contribution in [1.29, 1.82) is 0 Å². The molecule has 0 amide bonds. The van der Waals surface area contributed by atoms with Crippen LogP contribution in [0.25, 0.3) is 0 Å². The van der Waals surface area contributed by atoms with Crippen LogP contribution < -0.4 is 15.4 Å². The zero-order valence-electron chi connectivity index (χ0n) is 16.9. The minimum atomic E-state index is -0.107. The van der Waals surface area contributed by atoms with Gasteiger partial charge in [0.05, 0.1) is 12.7 Å². The third kappa shape index (κ3) is 4.93. The highest BCUT2D eigenvalue weighted by atomic mass is 35.5. The molecule has 1 aromatic heterocycles. The summed E-state index contributed by atoms with van der Waals surface area (Å²) >= 11 is 6.43. The SMILES string of the molecule is C[C@@H]1CN(c2cc(=O)[nH]c(N3CCCCC[C@@H]3Cc3ccccc3Cl)n2)CCO1. The first-order valence-corrected chi connectivity index (χ1v) is 11.0. The third-order valence-electron chi connectivity index (χ3n) is 5.84. The summed E-state index contributed by atoms with van der Waals surface area (Å²) < 4.78 is 5.64. The molecule has 0 unspecified atom stereocenters. The summed E-state index contributed by atoms with van der Waals surface area (Å²) in [5.41, 5.74) is 1.04. The monoisotopic (exact) mass is 416 g/mol. The zero-order chi connectivity index (χ0) is 20.2. The van der Waals surface area contributed by atoms with Crippen LogP contribution in [0.15, 0.2) is 35.1 Å². The zero-order valence-corrected chi connectivity index (χ0v) is 17.7. The second kappa shape index (κ2) is 9.18. The van der Waals surface area contributed by atoms with Gasteiger partial charge in [0.2, 0.25) is 5.95 Å². The number of anilines is 2. The average Bonchev–Trinajstić information content (AvgIpc) is 2.95. The van der Waals surface area contributed by atoms with Crippen molar-refractivity contribution in [3.05, 3.63) is 51.3 Å². The standard InChI is InChI=1S/C22H29ClN4O2/c1-16-15-26(11-12-29-16)20-14-21(28)25-22(24-20)27-10-6-2-3-8-18(27)13-17-7-4-5-9-19(17)23/h4-5,7,9,14,16,18H,2-3,6,8,10-13,15H2,1H3,(H,24,25,28)/t16-,18-/m1/s1. The van der Waals surface area contributed by atoms with Crippen molar-refractivity contribution in [2.24, 2.45) is 0 Å². The number of rotatable bonds is 4. The highest BCUT2D eigenvalue weighted by Crippen LogP contribution is 2.27. The third-order valence-corrected chi connectivity index (χ3v) is 6.21. The lowest BCUT2D eigenvalue weighted by Crippen LogP contribution is -2.43. The Morgan fingerprint density at radius 1 is 1.24 bits per heavy atom. The predicted molar refractivity (Wildman–Crippen MR) is 117 cm³/mol. The van der Waals surface area contributed by atoms with E-state index < -0.39 is 0 Å². The average molecular weight is 417 g/mol. The van der Waals surface area contributed by atoms with E-state index in [1.807, 2.05) is 18.2 Å². The van der Waals surface area contributed by atoms with E-state index in [1.54, 1.807) is 6.07 Å². The van der Waals surface area contributed by atoms with E-state index in [-0.39, 0.29) is 17.7 Å². The number of ether oxygens (including phenoxy) is 1. The fourth-order valence-electron chi connectivity index (χ4n) is 4.34. The maximum absolute atomic E-state index is 12.5. The van der Waals surface area contributed by atoms with Crippen LogP contribution >= 0.6 is 11.6 Å². The van der Waals surface area contributed by atoms with Crippen molar-refractivity contribution in [2.75, 3.05) is 36.0 Å². The van der Waals surface area contributed by atoms with Crippen LogP contribution in [0.1, 0.15) is 38.2 Å². The number of nitrogens with one attached hydrogen (secondary N) is 1. The Kier molecular flexibility index (Phi) is 6.40. The quantitative estimate of drug-likeness (QED) is 0.824. The van der Waals surface area contributed by atoms with Gasteiger partial charge in [-0.1, -0.05) is 42.6 Å². The molecule has 1 aromatic carbocycles. The number of aromatic nitrogens is 2. The van der Waals surface area contributed by atoms with Gasteiger partial charge in [-0.3, -0.25) is 9.78 Å². The van der Waals surface area contributed by atoms with E-state index in [4.69, 9.17) is 21.3 Å². The number of H-pyrrole nitrogens is 1. The summed E-state index contributed by atoms with van der Waals surface area (Å²) in [7, 11) is 0. The van der Waals surface area contributed by atoms with E-state index in [0.29, 0.717) is 12.6 Å². The molecule has 29 heavy (non-hydrogen) atoms. The van der Waals surface area contributed by atoms with Gasteiger partial charge in [0.25, 0.3) is 5.56 Å². The maximum Gasteiger partial charge on any atom is 0.254 e. The number of hydrogen-bond donors (Lipinski definition) is 1. The molecule has 0 saturated carbocycles. The van der Waals surface area contributed by atoms with E-state index >= 15 is 0 Å². The Labute approximate surface area is 176 Å². The van der Waals surface area contributed by atoms with Crippen molar-refractivity contribution in [3.63, 3.8) is 0 Å². The molecule has 0 bridgehead atoms. The Morgan fingerprint density at radius 3 is 2.93 bits per heavy atom. The Balaban J connectivity index is 1.63. The normalized spacial score (nSPS) is 23.1. The molecule has 2 atom stereocenters. The van der Waals surface area contributed by atoms with Crippen LogP contribution in [-0.4, -0.2) is 48.4 Å². The topological polar surface area (TPSA) is 61.5 Å². The molecule has 2 fully saturated rings. The molecule has 2 aliphatic rings. The fourth-order valence-corrected chi connectivity index (χ4v) is 4.56. The van der Waals surface area contributed by atoms with Crippen LogP contribution in [-0.2, 0) is 11.2 Å². The fraction of sp³-hybridized carbons (Fsp3) is 0.545. The summed E-state index contributed by atoms with van der Waals surface area (Å²) in [6, 6.07) is 9.89. The first-order chi connectivity index (χ1) is 14.1. The highest BCUT2D eigenvalue weighted by molar-refractivity contribution is 6.31.